The van der Waals surface area contributed by atoms with Crippen LogP contribution in [0.25, 0.3) is 10.8 Å². The van der Waals surface area contributed by atoms with E-state index in [0.29, 0.717) is 24.0 Å². The zero-order valence-electron chi connectivity index (χ0n) is 22.4. The van der Waals surface area contributed by atoms with E-state index in [-0.39, 0.29) is 43.1 Å². The number of hydrogen-bond donors (Lipinski definition) is 5. The minimum absolute atomic E-state index is 0.000585. The summed E-state index contributed by atoms with van der Waals surface area (Å²) < 4.78 is 29.7. The number of hydrogen-bond acceptors (Lipinski definition) is 6. The van der Waals surface area contributed by atoms with Gasteiger partial charge in [0.1, 0.15) is 17.9 Å². The van der Waals surface area contributed by atoms with E-state index < -0.39 is 39.9 Å². The molecule has 41 heavy (non-hydrogen) atoms. The van der Waals surface area contributed by atoms with Crippen molar-refractivity contribution in [1.29, 1.82) is 5.41 Å². The number of carbonyl (C=O) groups excluding carboxylic acids is 2. The van der Waals surface area contributed by atoms with Gasteiger partial charge in [0.25, 0.3) is 0 Å². The Morgan fingerprint density at radius 1 is 1.05 bits per heavy atom. The van der Waals surface area contributed by atoms with Gasteiger partial charge < -0.3 is 21.1 Å². The average molecular weight is 580 g/mol. The van der Waals surface area contributed by atoms with Crippen LogP contribution in [-0.4, -0.2) is 67.2 Å². The van der Waals surface area contributed by atoms with Gasteiger partial charge in [-0.2, -0.15) is 4.72 Å². The highest BCUT2D eigenvalue weighted by atomic mass is 32.2. The number of benzene rings is 3. The Labute approximate surface area is 238 Å². The Bertz CT molecular complexity index is 1570. The summed E-state index contributed by atoms with van der Waals surface area (Å²) in [5.74, 6) is -2.08. The third-order valence-corrected chi connectivity index (χ3v) is 8.48. The third kappa shape index (κ3) is 7.47. The summed E-state index contributed by atoms with van der Waals surface area (Å²) in [6, 6.07) is 16.7. The molecule has 0 radical (unpaired) electrons. The van der Waals surface area contributed by atoms with Gasteiger partial charge in [0.05, 0.1) is 4.90 Å². The Kier molecular flexibility index (Phi) is 9.35. The number of carboxylic acids is 1. The number of nitrogens with zero attached hydrogens (tertiary/aromatic N) is 1. The lowest BCUT2D eigenvalue weighted by Gasteiger charge is -2.29. The van der Waals surface area contributed by atoms with E-state index in [1.165, 1.54) is 11.0 Å². The lowest BCUT2D eigenvalue weighted by Crippen LogP contribution is -2.54. The molecule has 0 aromatic heterocycles. The highest BCUT2D eigenvalue weighted by molar-refractivity contribution is 7.89. The number of carbonyl (C=O) groups is 3. The molecule has 2 atom stereocenters. The Morgan fingerprint density at radius 2 is 1.80 bits per heavy atom. The number of amidine groups is 1. The van der Waals surface area contributed by atoms with Gasteiger partial charge in [0, 0.05) is 25.1 Å². The standard InChI is InChI=1S/C29H33N5O6S/c30-27(31)22-9-3-6-19(16-22)17-24(33-41(39,40)23-13-12-20-7-1-2-8-21(20)18-23)29(38)34-15-5-10-25(34)28(37)32-14-4-11-26(35)36/h1-3,6-9,12-13,16,18,24-25,33H,4-5,10-11,14-15,17H2,(H3,30,31)(H,32,37)(H,35,36)/t24-,25-/m0/s1. The van der Waals surface area contributed by atoms with Crippen LogP contribution in [0.3, 0.4) is 0 Å². The van der Waals surface area contributed by atoms with Gasteiger partial charge in [0.2, 0.25) is 21.8 Å². The summed E-state index contributed by atoms with van der Waals surface area (Å²) in [6.45, 7) is 0.424. The van der Waals surface area contributed by atoms with Crippen LogP contribution in [0.2, 0.25) is 0 Å². The maximum Gasteiger partial charge on any atom is 0.303 e. The fourth-order valence-corrected chi connectivity index (χ4v) is 6.17. The molecular weight excluding hydrogens is 546 g/mol. The first kappa shape index (κ1) is 29.7. The summed E-state index contributed by atoms with van der Waals surface area (Å²) in [7, 11) is -4.16. The fraction of sp³-hybridized carbons (Fsp3) is 0.310. The molecule has 0 bridgehead atoms. The normalized spacial score (nSPS) is 15.9. The summed E-state index contributed by atoms with van der Waals surface area (Å²) >= 11 is 0. The van der Waals surface area contributed by atoms with Gasteiger partial charge in [-0.25, -0.2) is 8.42 Å². The molecule has 0 aliphatic carbocycles. The van der Waals surface area contributed by atoms with Gasteiger partial charge in [-0.05, 0) is 60.2 Å². The first-order valence-electron chi connectivity index (χ1n) is 13.3. The number of amides is 2. The second-order valence-corrected chi connectivity index (χ2v) is 11.7. The van der Waals surface area contributed by atoms with Crippen LogP contribution in [0.5, 0.6) is 0 Å². The minimum Gasteiger partial charge on any atom is -0.481 e. The summed E-state index contributed by atoms with van der Waals surface area (Å²) in [5.41, 5.74) is 6.66. The van der Waals surface area contributed by atoms with Crippen molar-refractivity contribution in [1.82, 2.24) is 14.9 Å². The monoisotopic (exact) mass is 579 g/mol. The molecule has 1 fully saturated rings. The van der Waals surface area contributed by atoms with E-state index in [9.17, 15) is 22.8 Å². The van der Waals surface area contributed by atoms with Crippen LogP contribution >= 0.6 is 0 Å². The topological polar surface area (TPSA) is 183 Å². The molecule has 0 saturated carbocycles. The zero-order chi connectivity index (χ0) is 29.6. The van der Waals surface area contributed by atoms with Crippen LogP contribution in [0.4, 0.5) is 0 Å². The maximum absolute atomic E-state index is 13.9. The molecule has 4 rings (SSSR count). The van der Waals surface area contributed by atoms with Crippen molar-refractivity contribution in [2.24, 2.45) is 5.73 Å². The average Bonchev–Trinajstić information content (AvgIpc) is 3.44. The van der Waals surface area contributed by atoms with Crippen LogP contribution < -0.4 is 15.8 Å². The molecule has 11 nitrogen and oxygen atoms in total. The van der Waals surface area contributed by atoms with E-state index in [1.807, 2.05) is 12.1 Å². The minimum atomic E-state index is -4.16. The fourth-order valence-electron chi connectivity index (χ4n) is 4.94. The van der Waals surface area contributed by atoms with Crippen molar-refractivity contribution in [2.45, 2.75) is 49.1 Å². The van der Waals surface area contributed by atoms with Crippen molar-refractivity contribution in [3.05, 3.63) is 77.9 Å². The number of nitrogens with two attached hydrogens (primary N) is 1. The number of rotatable bonds is 12. The molecule has 216 valence electrons. The molecule has 12 heteroatoms. The maximum atomic E-state index is 13.9. The van der Waals surface area contributed by atoms with Gasteiger partial charge in [-0.3, -0.25) is 19.8 Å². The number of likely N-dealkylation sites (tertiary alicyclic amines) is 1. The number of carboxylic acid groups (broad SMARTS) is 1. The van der Waals surface area contributed by atoms with Crippen LogP contribution in [0.1, 0.15) is 36.8 Å². The van der Waals surface area contributed by atoms with Crippen molar-refractivity contribution in [2.75, 3.05) is 13.1 Å². The second-order valence-electron chi connectivity index (χ2n) is 9.98. The Balaban J connectivity index is 1.60. The number of sulfonamides is 1. The third-order valence-electron chi connectivity index (χ3n) is 7.01. The van der Waals surface area contributed by atoms with Gasteiger partial charge in [0.15, 0.2) is 0 Å². The molecule has 1 aliphatic heterocycles. The highest BCUT2D eigenvalue weighted by Crippen LogP contribution is 2.23. The molecule has 3 aromatic rings. The number of aliphatic carboxylic acids is 1. The Hall–Kier alpha value is -4.29. The largest absolute Gasteiger partial charge is 0.481 e. The van der Waals surface area contributed by atoms with Gasteiger partial charge >= 0.3 is 5.97 Å². The number of nitrogen functional groups attached to an aromatic ring is 1. The van der Waals surface area contributed by atoms with Crippen LogP contribution in [0, 0.1) is 5.41 Å². The molecule has 1 saturated heterocycles. The lowest BCUT2D eigenvalue weighted by atomic mass is 10.0. The molecule has 2 amide bonds. The Morgan fingerprint density at radius 3 is 2.54 bits per heavy atom. The predicted molar refractivity (Wildman–Crippen MR) is 154 cm³/mol. The quantitative estimate of drug-likeness (QED) is 0.123. The summed E-state index contributed by atoms with van der Waals surface area (Å²) in [5, 5.41) is 20.9. The SMILES string of the molecule is N=C(N)c1cccc(C[C@H](NS(=O)(=O)c2ccc3ccccc3c2)C(=O)N2CCC[C@H]2C(=O)NCCCC(=O)O)c1. The van der Waals surface area contributed by atoms with E-state index in [4.69, 9.17) is 16.2 Å². The van der Waals surface area contributed by atoms with Crippen LogP contribution in [-0.2, 0) is 30.8 Å². The molecular formula is C29H33N5O6S. The lowest BCUT2D eigenvalue weighted by molar-refractivity contribution is -0.139. The first-order valence-corrected chi connectivity index (χ1v) is 14.8. The summed E-state index contributed by atoms with van der Waals surface area (Å²) in [6.07, 6.45) is 1.09. The molecule has 3 aromatic carbocycles. The predicted octanol–water partition coefficient (Wildman–Crippen LogP) is 1.99. The second kappa shape index (κ2) is 12.9. The van der Waals surface area contributed by atoms with Crippen molar-refractivity contribution < 1.29 is 27.9 Å². The number of nitrogens with one attached hydrogen (secondary N) is 3. The number of fused-ring (bicyclic) bond motifs is 1. The van der Waals surface area contributed by atoms with Gasteiger partial charge in [-0.15, -0.1) is 0 Å². The molecule has 6 N–H and O–H groups in total. The first-order chi connectivity index (χ1) is 19.5. The molecule has 1 aliphatic rings. The summed E-state index contributed by atoms with van der Waals surface area (Å²) in [4.78, 5) is 39.0. The van der Waals surface area contributed by atoms with Crippen molar-refractivity contribution >= 4 is 44.4 Å². The highest BCUT2D eigenvalue weighted by Gasteiger charge is 2.38. The van der Waals surface area contributed by atoms with Crippen LogP contribution in [0.15, 0.2) is 71.6 Å². The van der Waals surface area contributed by atoms with Crippen molar-refractivity contribution in [3.63, 3.8) is 0 Å². The smallest absolute Gasteiger partial charge is 0.303 e. The molecule has 0 unspecified atom stereocenters. The molecule has 1 heterocycles. The zero-order valence-corrected chi connectivity index (χ0v) is 23.2. The van der Waals surface area contributed by atoms with Gasteiger partial charge in [-0.1, -0.05) is 48.5 Å². The molecule has 0 spiro atoms. The van der Waals surface area contributed by atoms with E-state index >= 15 is 0 Å². The van der Waals surface area contributed by atoms with E-state index in [2.05, 4.69) is 10.0 Å². The van der Waals surface area contributed by atoms with Crippen molar-refractivity contribution in [3.8, 4) is 0 Å². The van der Waals surface area contributed by atoms with E-state index in [1.54, 1.807) is 48.5 Å². The van der Waals surface area contributed by atoms with E-state index in [0.717, 1.165) is 10.8 Å².